The van der Waals surface area contributed by atoms with Crippen molar-refractivity contribution in [3.05, 3.63) is 182 Å². The zero-order valence-corrected chi connectivity index (χ0v) is 30.2. The average molecular weight is 711 g/mol. The second-order valence-corrected chi connectivity index (χ2v) is 15.6. The SMILES string of the molecule is c1ccc(-c2ccc(N(c3ccc(-c4ccc5c6c(cccc46)-c4nc(-c6ccccc6)sc4-5)cc3)c3ccc4sc5ccccc5c4c3)cc2)cc1. The predicted octanol–water partition coefficient (Wildman–Crippen LogP) is 14.8. The largest absolute Gasteiger partial charge is 0.310 e. The van der Waals surface area contributed by atoms with E-state index >= 15 is 0 Å². The molecule has 248 valence electrons. The van der Waals surface area contributed by atoms with Gasteiger partial charge in [-0.25, -0.2) is 4.98 Å². The van der Waals surface area contributed by atoms with Crippen LogP contribution >= 0.6 is 22.7 Å². The minimum Gasteiger partial charge on any atom is -0.310 e. The summed E-state index contributed by atoms with van der Waals surface area (Å²) in [4.78, 5) is 8.81. The molecule has 0 radical (unpaired) electrons. The summed E-state index contributed by atoms with van der Waals surface area (Å²) in [6.45, 7) is 0. The van der Waals surface area contributed by atoms with Gasteiger partial charge in [-0.05, 0) is 76.2 Å². The lowest BCUT2D eigenvalue weighted by Gasteiger charge is -2.26. The third-order valence-corrected chi connectivity index (χ3v) is 12.8. The minimum atomic E-state index is 1.07. The zero-order chi connectivity index (χ0) is 34.9. The van der Waals surface area contributed by atoms with Gasteiger partial charge < -0.3 is 4.90 Å². The van der Waals surface area contributed by atoms with Crippen LogP contribution in [0.3, 0.4) is 0 Å². The van der Waals surface area contributed by atoms with Crippen molar-refractivity contribution in [3.63, 3.8) is 0 Å². The summed E-state index contributed by atoms with van der Waals surface area (Å²) >= 11 is 3.65. The smallest absolute Gasteiger partial charge is 0.124 e. The van der Waals surface area contributed by atoms with Gasteiger partial charge >= 0.3 is 0 Å². The number of rotatable bonds is 6. The Balaban J connectivity index is 1.00. The van der Waals surface area contributed by atoms with Crippen LogP contribution in [0.15, 0.2) is 182 Å². The first kappa shape index (κ1) is 30.3. The van der Waals surface area contributed by atoms with Gasteiger partial charge in [-0.3, -0.25) is 0 Å². The van der Waals surface area contributed by atoms with Crippen molar-refractivity contribution >= 4 is 70.7 Å². The van der Waals surface area contributed by atoms with E-state index in [0.717, 1.165) is 27.8 Å². The van der Waals surface area contributed by atoms with E-state index in [4.69, 9.17) is 4.98 Å². The van der Waals surface area contributed by atoms with Gasteiger partial charge in [0.05, 0.1) is 10.6 Å². The van der Waals surface area contributed by atoms with Crippen molar-refractivity contribution < 1.29 is 0 Å². The highest BCUT2D eigenvalue weighted by molar-refractivity contribution is 7.25. The first-order valence-corrected chi connectivity index (χ1v) is 19.5. The number of hydrogen-bond donors (Lipinski definition) is 0. The molecule has 0 spiro atoms. The summed E-state index contributed by atoms with van der Waals surface area (Å²) in [6.07, 6.45) is 0. The molecule has 0 amide bonds. The molecule has 4 heteroatoms. The van der Waals surface area contributed by atoms with E-state index < -0.39 is 0 Å². The van der Waals surface area contributed by atoms with Crippen molar-refractivity contribution in [2.75, 3.05) is 4.90 Å². The van der Waals surface area contributed by atoms with E-state index in [1.54, 1.807) is 11.3 Å². The molecule has 0 N–H and O–H groups in total. The van der Waals surface area contributed by atoms with Crippen molar-refractivity contribution in [3.8, 4) is 54.5 Å². The molecule has 0 aliphatic heterocycles. The molecule has 0 saturated heterocycles. The van der Waals surface area contributed by atoms with Gasteiger partial charge in [0.2, 0.25) is 0 Å². The molecule has 1 aliphatic carbocycles. The van der Waals surface area contributed by atoms with Crippen LogP contribution in [-0.2, 0) is 0 Å². The number of aromatic nitrogens is 1. The summed E-state index contributed by atoms with van der Waals surface area (Å²) in [5.41, 5.74) is 13.0. The Labute approximate surface area is 315 Å². The molecule has 0 atom stereocenters. The van der Waals surface area contributed by atoms with E-state index in [2.05, 4.69) is 187 Å². The molecule has 53 heavy (non-hydrogen) atoms. The van der Waals surface area contributed by atoms with E-state index in [1.807, 2.05) is 11.3 Å². The summed E-state index contributed by atoms with van der Waals surface area (Å²) in [6, 6.07) is 66.0. The molecular formula is C49H30N2S2. The van der Waals surface area contributed by atoms with Crippen LogP contribution in [0, 0.1) is 0 Å². The summed E-state index contributed by atoms with van der Waals surface area (Å²) in [5.74, 6) is 0. The van der Waals surface area contributed by atoms with Gasteiger partial charge in [0.1, 0.15) is 5.01 Å². The lowest BCUT2D eigenvalue weighted by Crippen LogP contribution is -2.09. The van der Waals surface area contributed by atoms with Crippen LogP contribution in [-0.4, -0.2) is 4.98 Å². The minimum absolute atomic E-state index is 1.07. The Morgan fingerprint density at radius 1 is 0.377 bits per heavy atom. The molecule has 0 fully saturated rings. The van der Waals surface area contributed by atoms with Crippen LogP contribution in [0.5, 0.6) is 0 Å². The van der Waals surface area contributed by atoms with E-state index in [9.17, 15) is 0 Å². The Morgan fingerprint density at radius 3 is 1.75 bits per heavy atom. The fourth-order valence-electron chi connectivity index (χ4n) is 7.96. The Kier molecular flexibility index (Phi) is 6.94. The first-order chi connectivity index (χ1) is 26.3. The molecule has 10 aromatic rings. The summed E-state index contributed by atoms with van der Waals surface area (Å²) in [5, 5.41) is 6.24. The molecule has 0 unspecified atom stereocenters. The van der Waals surface area contributed by atoms with Crippen LogP contribution in [0.2, 0.25) is 0 Å². The summed E-state index contributed by atoms with van der Waals surface area (Å²) < 4.78 is 2.62. The normalized spacial score (nSPS) is 11.8. The number of nitrogens with zero attached hydrogens (tertiary/aromatic N) is 2. The third kappa shape index (κ3) is 4.95. The van der Waals surface area contributed by atoms with Crippen molar-refractivity contribution in [2.24, 2.45) is 0 Å². The van der Waals surface area contributed by atoms with E-state index in [-0.39, 0.29) is 0 Å². The Hall–Kier alpha value is -6.33. The highest BCUT2D eigenvalue weighted by Gasteiger charge is 2.27. The monoisotopic (exact) mass is 710 g/mol. The second kappa shape index (κ2) is 12.1. The van der Waals surface area contributed by atoms with Gasteiger partial charge in [-0.1, -0.05) is 133 Å². The Bertz CT molecular complexity index is 2950. The fourth-order valence-corrected chi connectivity index (χ4v) is 10.2. The van der Waals surface area contributed by atoms with Gasteiger partial charge in [-0.2, -0.15) is 0 Å². The van der Waals surface area contributed by atoms with Crippen molar-refractivity contribution in [1.29, 1.82) is 0 Å². The molecule has 1 aliphatic rings. The molecule has 0 saturated carbocycles. The second-order valence-electron chi connectivity index (χ2n) is 13.5. The number of benzene rings is 8. The lowest BCUT2D eigenvalue weighted by atomic mass is 9.94. The average Bonchev–Trinajstić information content (AvgIpc) is 3.92. The number of hydrogen-bond acceptors (Lipinski definition) is 4. The number of thiazole rings is 1. The Morgan fingerprint density at radius 2 is 0.981 bits per heavy atom. The van der Waals surface area contributed by atoms with Gasteiger partial charge in [0.25, 0.3) is 0 Å². The molecule has 2 nitrogen and oxygen atoms in total. The highest BCUT2D eigenvalue weighted by Crippen LogP contribution is 2.53. The van der Waals surface area contributed by atoms with Crippen LogP contribution in [0.4, 0.5) is 17.1 Å². The van der Waals surface area contributed by atoms with Gasteiger partial charge in [0, 0.05) is 59.3 Å². The summed E-state index contributed by atoms with van der Waals surface area (Å²) in [7, 11) is 0. The van der Waals surface area contributed by atoms with Gasteiger partial charge in [-0.15, -0.1) is 22.7 Å². The lowest BCUT2D eigenvalue weighted by molar-refractivity contribution is 1.29. The molecule has 2 aromatic heterocycles. The maximum Gasteiger partial charge on any atom is 0.124 e. The molecule has 2 heterocycles. The van der Waals surface area contributed by atoms with Crippen LogP contribution in [0.25, 0.3) is 85.5 Å². The molecule has 8 aromatic carbocycles. The molecule has 0 bridgehead atoms. The van der Waals surface area contributed by atoms with E-state index in [0.29, 0.717) is 0 Å². The predicted molar refractivity (Wildman–Crippen MR) is 228 cm³/mol. The number of thiophene rings is 1. The molecule has 11 rings (SSSR count). The maximum absolute atomic E-state index is 5.16. The number of fused-ring (bicyclic) bond motifs is 6. The van der Waals surface area contributed by atoms with Crippen molar-refractivity contribution in [1.82, 2.24) is 4.98 Å². The molecular weight excluding hydrogens is 681 g/mol. The van der Waals surface area contributed by atoms with E-state index in [1.165, 1.54) is 74.8 Å². The third-order valence-electron chi connectivity index (χ3n) is 10.5. The first-order valence-electron chi connectivity index (χ1n) is 17.9. The zero-order valence-electron chi connectivity index (χ0n) is 28.5. The van der Waals surface area contributed by atoms with Crippen LogP contribution in [0.1, 0.15) is 0 Å². The maximum atomic E-state index is 5.16. The standard InChI is InChI=1S/C49H30N2S2/c1-3-10-31(11-4-1)32-18-22-35(23-19-32)51(37-26-29-45-43(30-37)39-14-7-8-17-44(39)52-45)36-24-20-33(21-25-36)38-27-28-42-46-40(38)15-9-16-41(46)47-48(42)53-49(50-47)34-12-5-2-6-13-34/h1-30H. The quantitative estimate of drug-likeness (QED) is 0.171. The van der Waals surface area contributed by atoms with Crippen molar-refractivity contribution in [2.45, 2.75) is 0 Å². The number of anilines is 3. The topological polar surface area (TPSA) is 16.1 Å². The van der Waals surface area contributed by atoms with Crippen LogP contribution < -0.4 is 4.90 Å². The van der Waals surface area contributed by atoms with Gasteiger partial charge in [0.15, 0.2) is 0 Å². The fraction of sp³-hybridized carbons (Fsp3) is 0. The highest BCUT2D eigenvalue weighted by atomic mass is 32.1.